The molecule has 1 aliphatic heterocycles. The molecule has 2 aromatic carbocycles. The Morgan fingerprint density at radius 3 is 2.31 bits per heavy atom. The van der Waals surface area contributed by atoms with E-state index < -0.39 is 17.9 Å². The Morgan fingerprint density at radius 2 is 1.65 bits per heavy atom. The van der Waals surface area contributed by atoms with E-state index in [1.807, 2.05) is 0 Å². The number of para-hydroxylation sites is 1. The molecule has 3 amide bonds. The summed E-state index contributed by atoms with van der Waals surface area (Å²) < 4.78 is 0. The molecule has 3 N–H and O–H groups in total. The van der Waals surface area contributed by atoms with E-state index in [0.29, 0.717) is 16.8 Å². The molecule has 0 aromatic heterocycles. The minimum atomic E-state index is -0.882. The molecule has 132 valence electrons. The maximum Gasteiger partial charge on any atom is 0.273 e. The minimum Gasteiger partial charge on any atom is -0.507 e. The average Bonchev–Trinajstić information content (AvgIpc) is 2.90. The number of amides is 3. The van der Waals surface area contributed by atoms with Gasteiger partial charge in [0.15, 0.2) is 0 Å². The topological polar surface area (TPSA) is 98.7 Å². The molecule has 1 aliphatic rings. The Morgan fingerprint density at radius 1 is 1.04 bits per heavy atom. The molecule has 1 unspecified atom stereocenters. The molecule has 1 atom stereocenters. The molecular weight excluding hydrogens is 334 g/mol. The van der Waals surface area contributed by atoms with Crippen molar-refractivity contribution in [2.45, 2.75) is 13.0 Å². The van der Waals surface area contributed by atoms with Crippen LogP contribution in [-0.2, 0) is 4.79 Å². The van der Waals surface area contributed by atoms with E-state index in [0.717, 1.165) is 0 Å². The van der Waals surface area contributed by atoms with Crippen LogP contribution in [0.5, 0.6) is 5.75 Å². The first-order valence-electron chi connectivity index (χ1n) is 7.92. The van der Waals surface area contributed by atoms with Gasteiger partial charge in [0.25, 0.3) is 17.7 Å². The largest absolute Gasteiger partial charge is 0.507 e. The van der Waals surface area contributed by atoms with E-state index in [4.69, 9.17) is 0 Å². The van der Waals surface area contributed by atoms with Crippen LogP contribution in [0.3, 0.4) is 0 Å². The Balaban J connectivity index is 1.68. The average molecular weight is 351 g/mol. The van der Waals surface area contributed by atoms with E-state index in [9.17, 15) is 19.5 Å². The maximum atomic E-state index is 12.5. The first-order valence-corrected chi connectivity index (χ1v) is 7.92. The zero-order chi connectivity index (χ0) is 18.8. The Hall–Kier alpha value is -3.61. The number of hydrazine groups is 1. The number of phenols is 1. The summed E-state index contributed by atoms with van der Waals surface area (Å²) in [4.78, 5) is 38.2. The number of nitrogens with one attached hydrogen (secondary N) is 2. The predicted molar refractivity (Wildman–Crippen MR) is 94.8 cm³/mol. The first-order chi connectivity index (χ1) is 12.4. The molecule has 0 fully saturated rings. The van der Waals surface area contributed by atoms with Gasteiger partial charge in [-0.05, 0) is 25.1 Å². The smallest absolute Gasteiger partial charge is 0.273 e. The Labute approximate surface area is 149 Å². The van der Waals surface area contributed by atoms with Gasteiger partial charge in [0, 0.05) is 16.8 Å². The van der Waals surface area contributed by atoms with Gasteiger partial charge in [0.05, 0.1) is 5.56 Å². The standard InChI is InChI=1S/C19H17N3O4/c1-11-13-7-3-4-8-14(13)19(26)22(11)12(2)17(24)20-21-18(25)15-9-5-6-10-16(15)23/h3-10,12,23H,1H2,2H3,(H,20,24)(H,21,25). The highest BCUT2D eigenvalue weighted by molar-refractivity contribution is 6.11. The zero-order valence-corrected chi connectivity index (χ0v) is 14.0. The lowest BCUT2D eigenvalue weighted by Gasteiger charge is -2.24. The number of nitrogens with zero attached hydrogens (tertiary/aromatic N) is 1. The van der Waals surface area contributed by atoms with Gasteiger partial charge in [-0.2, -0.15) is 0 Å². The number of phenolic OH excluding ortho intramolecular Hbond substituents is 1. The molecule has 0 spiro atoms. The third-order valence-corrected chi connectivity index (χ3v) is 4.19. The third kappa shape index (κ3) is 2.90. The van der Waals surface area contributed by atoms with Crippen LogP contribution < -0.4 is 10.9 Å². The van der Waals surface area contributed by atoms with Crippen molar-refractivity contribution in [1.82, 2.24) is 15.8 Å². The number of benzene rings is 2. The summed E-state index contributed by atoms with van der Waals surface area (Å²) in [5.41, 5.74) is 6.11. The fourth-order valence-corrected chi connectivity index (χ4v) is 2.79. The SMILES string of the molecule is C=C1c2ccccc2C(=O)N1C(C)C(=O)NNC(=O)c1ccccc1O. The van der Waals surface area contributed by atoms with Crippen molar-refractivity contribution in [3.63, 3.8) is 0 Å². The third-order valence-electron chi connectivity index (χ3n) is 4.19. The van der Waals surface area contributed by atoms with Crippen LogP contribution in [0.2, 0.25) is 0 Å². The summed E-state index contributed by atoms with van der Waals surface area (Å²) in [5.74, 6) is -1.78. The van der Waals surface area contributed by atoms with Gasteiger partial charge in [-0.3, -0.25) is 30.1 Å². The molecule has 0 radical (unpaired) electrons. The van der Waals surface area contributed by atoms with E-state index >= 15 is 0 Å². The van der Waals surface area contributed by atoms with Crippen molar-refractivity contribution < 1.29 is 19.5 Å². The molecule has 2 aromatic rings. The van der Waals surface area contributed by atoms with E-state index in [1.54, 1.807) is 36.4 Å². The van der Waals surface area contributed by atoms with Crippen LogP contribution in [0, 0.1) is 0 Å². The molecule has 0 bridgehead atoms. The maximum absolute atomic E-state index is 12.5. The van der Waals surface area contributed by atoms with Crippen LogP contribution in [0.4, 0.5) is 0 Å². The second kappa shape index (κ2) is 6.72. The van der Waals surface area contributed by atoms with Crippen molar-refractivity contribution in [1.29, 1.82) is 0 Å². The molecule has 26 heavy (non-hydrogen) atoms. The molecular formula is C19H17N3O4. The number of carbonyl (C=O) groups is 3. The van der Waals surface area contributed by atoms with E-state index in [1.165, 1.54) is 24.0 Å². The van der Waals surface area contributed by atoms with Gasteiger partial charge < -0.3 is 5.11 Å². The van der Waals surface area contributed by atoms with Gasteiger partial charge in [-0.15, -0.1) is 0 Å². The molecule has 0 saturated carbocycles. The van der Waals surface area contributed by atoms with Crippen LogP contribution in [0.25, 0.3) is 5.70 Å². The fraction of sp³-hybridized carbons (Fsp3) is 0.105. The zero-order valence-electron chi connectivity index (χ0n) is 14.0. The molecule has 0 aliphatic carbocycles. The van der Waals surface area contributed by atoms with Gasteiger partial charge in [-0.25, -0.2) is 0 Å². The summed E-state index contributed by atoms with van der Waals surface area (Å²) in [7, 11) is 0. The van der Waals surface area contributed by atoms with E-state index in [2.05, 4.69) is 17.4 Å². The summed E-state index contributed by atoms with van der Waals surface area (Å²) in [5, 5.41) is 9.66. The molecule has 7 heteroatoms. The minimum absolute atomic E-state index is 0.0227. The second-order valence-corrected chi connectivity index (χ2v) is 5.80. The van der Waals surface area contributed by atoms with Crippen molar-refractivity contribution in [3.8, 4) is 5.75 Å². The number of carbonyl (C=O) groups excluding carboxylic acids is 3. The van der Waals surface area contributed by atoms with Crippen LogP contribution in [0.1, 0.15) is 33.2 Å². The lowest BCUT2D eigenvalue weighted by molar-refractivity contribution is -0.125. The van der Waals surface area contributed by atoms with Gasteiger partial charge in [0.1, 0.15) is 11.8 Å². The predicted octanol–water partition coefficient (Wildman–Crippen LogP) is 1.67. The van der Waals surface area contributed by atoms with Crippen LogP contribution in [-0.4, -0.2) is 33.8 Å². The number of hydrogen-bond acceptors (Lipinski definition) is 4. The number of fused-ring (bicyclic) bond motifs is 1. The van der Waals surface area contributed by atoms with Gasteiger partial charge in [-0.1, -0.05) is 36.9 Å². The van der Waals surface area contributed by atoms with Crippen molar-refractivity contribution in [2.75, 3.05) is 0 Å². The highest BCUT2D eigenvalue weighted by Crippen LogP contribution is 2.32. The summed E-state index contributed by atoms with van der Waals surface area (Å²) >= 11 is 0. The molecule has 7 nitrogen and oxygen atoms in total. The highest BCUT2D eigenvalue weighted by atomic mass is 16.3. The lowest BCUT2D eigenvalue weighted by atomic mass is 10.1. The number of aromatic hydroxyl groups is 1. The lowest BCUT2D eigenvalue weighted by Crippen LogP contribution is -2.51. The highest BCUT2D eigenvalue weighted by Gasteiger charge is 2.36. The summed E-state index contributed by atoms with van der Waals surface area (Å²) in [6.45, 7) is 5.43. The monoisotopic (exact) mass is 351 g/mol. The molecule has 0 saturated heterocycles. The van der Waals surface area contributed by atoms with E-state index in [-0.39, 0.29) is 17.2 Å². The van der Waals surface area contributed by atoms with Crippen molar-refractivity contribution >= 4 is 23.4 Å². The quantitative estimate of drug-likeness (QED) is 0.733. The van der Waals surface area contributed by atoms with Crippen molar-refractivity contribution in [3.05, 3.63) is 71.8 Å². The fourth-order valence-electron chi connectivity index (χ4n) is 2.79. The van der Waals surface area contributed by atoms with Crippen LogP contribution >= 0.6 is 0 Å². The first kappa shape index (κ1) is 17.2. The normalized spacial score (nSPS) is 14.0. The van der Waals surface area contributed by atoms with Gasteiger partial charge in [0.2, 0.25) is 0 Å². The second-order valence-electron chi connectivity index (χ2n) is 5.80. The number of rotatable bonds is 3. The summed E-state index contributed by atoms with van der Waals surface area (Å²) in [6.07, 6.45) is 0. The molecule has 3 rings (SSSR count). The van der Waals surface area contributed by atoms with Gasteiger partial charge >= 0.3 is 0 Å². The number of hydrogen-bond donors (Lipinski definition) is 3. The Kier molecular flexibility index (Phi) is 4.45. The van der Waals surface area contributed by atoms with Crippen LogP contribution in [0.15, 0.2) is 55.1 Å². The Bertz CT molecular complexity index is 888. The molecule has 1 heterocycles. The van der Waals surface area contributed by atoms with Crippen molar-refractivity contribution in [2.24, 2.45) is 0 Å². The summed E-state index contributed by atoms with van der Waals surface area (Å²) in [6, 6.07) is 12.0.